The number of nitrogens with one attached hydrogen (secondary N) is 1. The van der Waals surface area contributed by atoms with Crippen LogP contribution in [0.3, 0.4) is 0 Å². The normalized spacial score (nSPS) is 18.1. The Morgan fingerprint density at radius 3 is 2.87 bits per heavy atom. The predicted molar refractivity (Wildman–Crippen MR) is 78.2 cm³/mol. The number of nitrogens with zero attached hydrogens (tertiary/aromatic N) is 1. The number of halogens is 2. The van der Waals surface area contributed by atoms with Gasteiger partial charge in [-0.25, -0.2) is 8.78 Å². The molecule has 1 aromatic heterocycles. The lowest BCUT2D eigenvalue weighted by Gasteiger charge is -2.23. The Labute approximate surface area is 132 Å². The zero-order valence-corrected chi connectivity index (χ0v) is 12.8. The highest BCUT2D eigenvalue weighted by Crippen LogP contribution is 2.24. The molecule has 1 atom stereocenters. The molecule has 1 aliphatic rings. The third-order valence-electron chi connectivity index (χ3n) is 3.61. The molecule has 1 unspecified atom stereocenters. The predicted octanol–water partition coefficient (Wildman–Crippen LogP) is 2.37. The van der Waals surface area contributed by atoms with Crippen molar-refractivity contribution in [1.29, 1.82) is 0 Å². The van der Waals surface area contributed by atoms with Crippen LogP contribution in [0.15, 0.2) is 22.7 Å². The lowest BCUT2D eigenvalue weighted by Crippen LogP contribution is -2.39. The summed E-state index contributed by atoms with van der Waals surface area (Å²) in [6, 6.07) is 3.90. The number of aryl methyl sites for hydroxylation is 1. The SMILES string of the molecule is Cc1cc(COc2cc(F)c(CC3CNCCO3)cc2F)no1. The molecule has 7 heteroatoms. The van der Waals surface area contributed by atoms with Gasteiger partial charge >= 0.3 is 0 Å². The molecule has 0 amide bonds. The summed E-state index contributed by atoms with van der Waals surface area (Å²) in [6.07, 6.45) is 0.168. The largest absolute Gasteiger partial charge is 0.484 e. The van der Waals surface area contributed by atoms with E-state index in [1.54, 1.807) is 13.0 Å². The van der Waals surface area contributed by atoms with E-state index in [0.717, 1.165) is 18.7 Å². The van der Waals surface area contributed by atoms with Gasteiger partial charge in [-0.1, -0.05) is 5.16 Å². The van der Waals surface area contributed by atoms with E-state index in [4.69, 9.17) is 14.0 Å². The lowest BCUT2D eigenvalue weighted by atomic mass is 10.1. The molecule has 0 aliphatic carbocycles. The molecule has 124 valence electrons. The van der Waals surface area contributed by atoms with Crippen molar-refractivity contribution < 1.29 is 22.8 Å². The monoisotopic (exact) mass is 324 g/mol. The topological polar surface area (TPSA) is 56.5 Å². The highest BCUT2D eigenvalue weighted by Gasteiger charge is 2.18. The first-order chi connectivity index (χ1) is 11.1. The third kappa shape index (κ3) is 4.05. The molecule has 1 fully saturated rings. The molecular formula is C16H18F2N2O3. The Kier molecular flexibility index (Phi) is 4.88. The molecule has 5 nitrogen and oxygen atoms in total. The molecule has 1 aliphatic heterocycles. The second-order valence-corrected chi connectivity index (χ2v) is 5.49. The van der Waals surface area contributed by atoms with Crippen LogP contribution in [-0.2, 0) is 17.8 Å². The molecule has 0 saturated carbocycles. The van der Waals surface area contributed by atoms with Crippen LogP contribution in [0.4, 0.5) is 8.78 Å². The number of rotatable bonds is 5. The fraction of sp³-hybridized carbons (Fsp3) is 0.438. The van der Waals surface area contributed by atoms with Crippen LogP contribution in [0.2, 0.25) is 0 Å². The van der Waals surface area contributed by atoms with Crippen molar-refractivity contribution in [2.75, 3.05) is 19.7 Å². The number of morpholine rings is 1. The third-order valence-corrected chi connectivity index (χ3v) is 3.61. The van der Waals surface area contributed by atoms with Crippen LogP contribution in [0.5, 0.6) is 5.75 Å². The molecular weight excluding hydrogens is 306 g/mol. The fourth-order valence-electron chi connectivity index (χ4n) is 2.47. The van der Waals surface area contributed by atoms with E-state index in [2.05, 4.69) is 10.5 Å². The summed E-state index contributed by atoms with van der Waals surface area (Å²) in [5, 5.41) is 6.90. The van der Waals surface area contributed by atoms with Gasteiger partial charge in [0.15, 0.2) is 11.6 Å². The van der Waals surface area contributed by atoms with E-state index in [1.807, 2.05) is 0 Å². The Morgan fingerprint density at radius 2 is 2.17 bits per heavy atom. The Morgan fingerprint density at radius 1 is 1.30 bits per heavy atom. The van der Waals surface area contributed by atoms with Gasteiger partial charge in [0.05, 0.1) is 12.7 Å². The van der Waals surface area contributed by atoms with E-state index in [0.29, 0.717) is 31.0 Å². The van der Waals surface area contributed by atoms with E-state index >= 15 is 0 Å². The number of hydrogen-bond donors (Lipinski definition) is 1. The number of aromatic nitrogens is 1. The standard InChI is InChI=1S/C16H18F2N2O3/c1-10-4-12(20-23-10)9-22-16-7-14(17)11(6-15(16)18)5-13-8-19-2-3-21-13/h4,6-7,13,19H,2-3,5,8-9H2,1H3. The van der Waals surface area contributed by atoms with Crippen LogP contribution >= 0.6 is 0 Å². The minimum absolute atomic E-state index is 0.0166. The van der Waals surface area contributed by atoms with Crippen molar-refractivity contribution in [3.63, 3.8) is 0 Å². The van der Waals surface area contributed by atoms with Crippen LogP contribution in [0, 0.1) is 18.6 Å². The molecule has 0 bridgehead atoms. The minimum Gasteiger partial charge on any atom is -0.484 e. The van der Waals surface area contributed by atoms with Crippen molar-refractivity contribution in [3.05, 3.63) is 46.9 Å². The second kappa shape index (κ2) is 7.06. The average Bonchev–Trinajstić information content (AvgIpc) is 2.96. The molecule has 1 saturated heterocycles. The summed E-state index contributed by atoms with van der Waals surface area (Å²) in [4.78, 5) is 0. The molecule has 0 radical (unpaired) electrons. The molecule has 3 rings (SSSR count). The Bertz CT molecular complexity index is 669. The van der Waals surface area contributed by atoms with Crippen molar-refractivity contribution in [2.45, 2.75) is 26.1 Å². The van der Waals surface area contributed by atoms with E-state index in [1.165, 1.54) is 0 Å². The fourth-order valence-corrected chi connectivity index (χ4v) is 2.47. The van der Waals surface area contributed by atoms with Gasteiger partial charge in [-0.15, -0.1) is 0 Å². The summed E-state index contributed by atoms with van der Waals surface area (Å²) in [5.41, 5.74) is 0.800. The van der Waals surface area contributed by atoms with Crippen molar-refractivity contribution >= 4 is 0 Å². The average molecular weight is 324 g/mol. The summed E-state index contributed by atoms with van der Waals surface area (Å²) < 4.78 is 43.9. The summed E-state index contributed by atoms with van der Waals surface area (Å²) in [5.74, 6) is -0.626. The molecule has 0 spiro atoms. The first-order valence-electron chi connectivity index (χ1n) is 7.47. The highest BCUT2D eigenvalue weighted by atomic mass is 19.1. The van der Waals surface area contributed by atoms with Crippen molar-refractivity contribution in [1.82, 2.24) is 10.5 Å². The lowest BCUT2D eigenvalue weighted by molar-refractivity contribution is 0.0287. The van der Waals surface area contributed by atoms with Crippen molar-refractivity contribution in [2.24, 2.45) is 0 Å². The Balaban J connectivity index is 1.66. The Hall–Kier alpha value is -1.99. The summed E-state index contributed by atoms with van der Waals surface area (Å²) in [7, 11) is 0. The first kappa shape index (κ1) is 15.9. The quantitative estimate of drug-likeness (QED) is 0.915. The maximum Gasteiger partial charge on any atom is 0.165 e. The van der Waals surface area contributed by atoms with Crippen LogP contribution in [-0.4, -0.2) is 31.0 Å². The second-order valence-electron chi connectivity index (χ2n) is 5.49. The van der Waals surface area contributed by atoms with E-state index in [-0.39, 0.29) is 24.0 Å². The zero-order valence-electron chi connectivity index (χ0n) is 12.8. The van der Waals surface area contributed by atoms with Crippen LogP contribution in [0.1, 0.15) is 17.0 Å². The smallest absolute Gasteiger partial charge is 0.165 e. The van der Waals surface area contributed by atoms with Gasteiger partial charge < -0.3 is 19.3 Å². The first-order valence-corrected chi connectivity index (χ1v) is 7.47. The van der Waals surface area contributed by atoms with Gasteiger partial charge in [0.2, 0.25) is 0 Å². The number of ether oxygens (including phenoxy) is 2. The zero-order chi connectivity index (χ0) is 16.2. The van der Waals surface area contributed by atoms with Crippen molar-refractivity contribution in [3.8, 4) is 5.75 Å². The highest BCUT2D eigenvalue weighted by molar-refractivity contribution is 5.31. The van der Waals surface area contributed by atoms with Gasteiger partial charge in [0.1, 0.15) is 23.9 Å². The van der Waals surface area contributed by atoms with E-state index in [9.17, 15) is 8.78 Å². The van der Waals surface area contributed by atoms with Gasteiger partial charge in [-0.3, -0.25) is 0 Å². The molecule has 23 heavy (non-hydrogen) atoms. The number of benzene rings is 1. The summed E-state index contributed by atoms with van der Waals surface area (Å²) >= 11 is 0. The van der Waals surface area contributed by atoms with Crippen LogP contribution < -0.4 is 10.1 Å². The maximum atomic E-state index is 14.2. The van der Waals surface area contributed by atoms with Gasteiger partial charge in [-0.2, -0.15) is 0 Å². The minimum atomic E-state index is -0.606. The van der Waals surface area contributed by atoms with Gasteiger partial charge in [-0.05, 0) is 18.6 Å². The summed E-state index contributed by atoms with van der Waals surface area (Å²) in [6.45, 7) is 3.75. The maximum absolute atomic E-state index is 14.2. The van der Waals surface area contributed by atoms with Gasteiger partial charge in [0, 0.05) is 31.6 Å². The van der Waals surface area contributed by atoms with E-state index < -0.39 is 11.6 Å². The number of hydrogen-bond acceptors (Lipinski definition) is 5. The molecule has 2 aromatic rings. The van der Waals surface area contributed by atoms with Gasteiger partial charge in [0.25, 0.3) is 0 Å². The van der Waals surface area contributed by atoms with Crippen LogP contribution in [0.25, 0.3) is 0 Å². The molecule has 1 aromatic carbocycles. The molecule has 1 N–H and O–H groups in total. The molecule has 2 heterocycles.